The second kappa shape index (κ2) is 7.18. The van der Waals surface area contributed by atoms with Crippen LogP contribution in [0.4, 0.5) is 0 Å². The summed E-state index contributed by atoms with van der Waals surface area (Å²) in [5, 5.41) is 0. The monoisotopic (exact) mass is 423 g/mol. The van der Waals surface area contributed by atoms with Crippen molar-refractivity contribution in [2.45, 2.75) is 32.2 Å². The summed E-state index contributed by atoms with van der Waals surface area (Å²) in [5.74, 6) is 1.99. The Bertz CT molecular complexity index is 1090. The summed E-state index contributed by atoms with van der Waals surface area (Å²) in [6, 6.07) is 7.08. The summed E-state index contributed by atoms with van der Waals surface area (Å²) in [5.41, 5.74) is 3.42. The molecule has 0 saturated carbocycles. The van der Waals surface area contributed by atoms with E-state index in [1.807, 2.05) is 30.0 Å². The van der Waals surface area contributed by atoms with Crippen molar-refractivity contribution in [3.05, 3.63) is 46.5 Å². The van der Waals surface area contributed by atoms with Gasteiger partial charge in [-0.15, -0.1) is 0 Å². The topological polar surface area (TPSA) is 74.3 Å². The maximum Gasteiger partial charge on any atom is 0.254 e. The highest BCUT2D eigenvalue weighted by Gasteiger charge is 2.48. The Morgan fingerprint density at radius 1 is 1.13 bits per heavy atom. The first-order valence-corrected chi connectivity index (χ1v) is 10.4. The summed E-state index contributed by atoms with van der Waals surface area (Å²) in [6.45, 7) is 4.31. The summed E-state index contributed by atoms with van der Waals surface area (Å²) < 4.78 is 22.2. The van der Waals surface area contributed by atoms with Gasteiger partial charge in [-0.25, -0.2) is 0 Å². The Morgan fingerprint density at radius 2 is 1.87 bits per heavy atom. The molecular weight excluding hydrogens is 398 g/mol. The van der Waals surface area contributed by atoms with E-state index < -0.39 is 6.04 Å². The molecule has 162 valence electrons. The molecule has 2 heterocycles. The fourth-order valence-electron chi connectivity index (χ4n) is 5.39. The van der Waals surface area contributed by atoms with Gasteiger partial charge in [0, 0.05) is 23.6 Å². The Labute approximate surface area is 180 Å². The molecule has 7 heteroatoms. The molecular formula is C24H25NO6. The lowest BCUT2D eigenvalue weighted by Crippen LogP contribution is -2.43. The van der Waals surface area contributed by atoms with E-state index in [9.17, 15) is 9.59 Å². The summed E-state index contributed by atoms with van der Waals surface area (Å²) in [4.78, 5) is 28.3. The third-order valence-corrected chi connectivity index (χ3v) is 6.80. The van der Waals surface area contributed by atoms with Gasteiger partial charge < -0.3 is 23.8 Å². The molecule has 5 rings (SSSR count). The molecule has 0 saturated heterocycles. The number of benzene rings is 2. The lowest BCUT2D eigenvalue weighted by atomic mass is 9.86. The zero-order valence-corrected chi connectivity index (χ0v) is 18.1. The van der Waals surface area contributed by atoms with Gasteiger partial charge in [0.05, 0.1) is 20.3 Å². The predicted molar refractivity (Wildman–Crippen MR) is 112 cm³/mol. The first-order valence-electron chi connectivity index (χ1n) is 10.4. The second-order valence-electron chi connectivity index (χ2n) is 8.29. The van der Waals surface area contributed by atoms with Crippen molar-refractivity contribution < 1.29 is 28.5 Å². The van der Waals surface area contributed by atoms with E-state index in [0.29, 0.717) is 41.5 Å². The Balaban J connectivity index is 1.64. The third-order valence-electron chi connectivity index (χ3n) is 6.80. The summed E-state index contributed by atoms with van der Waals surface area (Å²) in [6.07, 6.45) is 0.675. The Kier molecular flexibility index (Phi) is 4.57. The smallest absolute Gasteiger partial charge is 0.254 e. The highest BCUT2D eigenvalue weighted by atomic mass is 16.7. The van der Waals surface area contributed by atoms with Crippen molar-refractivity contribution in [3.8, 4) is 23.0 Å². The van der Waals surface area contributed by atoms with Crippen molar-refractivity contribution in [1.29, 1.82) is 0 Å². The minimum Gasteiger partial charge on any atom is -0.493 e. The number of rotatable bonds is 4. The molecule has 3 unspecified atom stereocenters. The first-order chi connectivity index (χ1) is 15.0. The van der Waals surface area contributed by atoms with E-state index in [4.69, 9.17) is 18.9 Å². The highest BCUT2D eigenvalue weighted by Crippen LogP contribution is 2.55. The van der Waals surface area contributed by atoms with Gasteiger partial charge in [0.15, 0.2) is 23.0 Å². The number of amides is 1. The van der Waals surface area contributed by atoms with Gasteiger partial charge in [-0.1, -0.05) is 13.0 Å². The van der Waals surface area contributed by atoms with E-state index in [-0.39, 0.29) is 30.3 Å². The van der Waals surface area contributed by atoms with Crippen molar-refractivity contribution in [3.63, 3.8) is 0 Å². The molecule has 0 bridgehead atoms. The molecule has 0 spiro atoms. The summed E-state index contributed by atoms with van der Waals surface area (Å²) in [7, 11) is 3.18. The van der Waals surface area contributed by atoms with Crippen molar-refractivity contribution in [1.82, 2.24) is 4.90 Å². The SMILES string of the molecule is COc1ccc2c(c1OC)C(N1CCc3cc4c(cc3C1=O)OCO4)C(C(C)=O)C2C. The van der Waals surface area contributed by atoms with E-state index >= 15 is 0 Å². The fourth-order valence-corrected chi connectivity index (χ4v) is 5.39. The van der Waals surface area contributed by atoms with Gasteiger partial charge in [-0.2, -0.15) is 0 Å². The maximum absolute atomic E-state index is 13.7. The largest absolute Gasteiger partial charge is 0.493 e. The van der Waals surface area contributed by atoms with Gasteiger partial charge in [0.2, 0.25) is 6.79 Å². The number of hydrogen-bond donors (Lipinski definition) is 0. The van der Waals surface area contributed by atoms with Crippen LogP contribution in [-0.4, -0.2) is 44.1 Å². The van der Waals surface area contributed by atoms with Gasteiger partial charge in [-0.05, 0) is 48.6 Å². The number of carbonyl (C=O) groups excluding carboxylic acids is 2. The van der Waals surface area contributed by atoms with Gasteiger partial charge >= 0.3 is 0 Å². The van der Waals surface area contributed by atoms with Crippen LogP contribution >= 0.6 is 0 Å². The van der Waals surface area contributed by atoms with Crippen molar-refractivity contribution >= 4 is 11.7 Å². The van der Waals surface area contributed by atoms with Crippen LogP contribution in [0.1, 0.15) is 52.9 Å². The standard InChI is InChI=1S/C24H25NO6/c1-12-15-5-6-17(28-3)23(29-4)21(15)22(20(12)13(2)26)25-8-7-14-9-18-19(31-11-30-18)10-16(14)24(25)27/h5-6,9-10,12,20,22H,7-8,11H2,1-4H3. The van der Waals surface area contributed by atoms with Crippen LogP contribution < -0.4 is 18.9 Å². The van der Waals surface area contributed by atoms with E-state index in [2.05, 4.69) is 0 Å². The van der Waals surface area contributed by atoms with Crippen LogP contribution in [0.15, 0.2) is 24.3 Å². The second-order valence-corrected chi connectivity index (χ2v) is 8.29. The average Bonchev–Trinajstić information content (AvgIpc) is 3.34. The number of hydrogen-bond acceptors (Lipinski definition) is 6. The van der Waals surface area contributed by atoms with Crippen LogP contribution in [0.5, 0.6) is 23.0 Å². The minimum atomic E-state index is -0.418. The fraction of sp³-hybridized carbons (Fsp3) is 0.417. The molecule has 0 radical (unpaired) electrons. The molecule has 1 aliphatic carbocycles. The molecule has 3 atom stereocenters. The molecule has 2 aromatic rings. The van der Waals surface area contributed by atoms with E-state index in [1.54, 1.807) is 27.2 Å². The minimum absolute atomic E-state index is 0.0387. The average molecular weight is 423 g/mol. The first kappa shape index (κ1) is 19.7. The Hall–Kier alpha value is -3.22. The molecule has 2 aliphatic heterocycles. The van der Waals surface area contributed by atoms with Crippen LogP contribution in [-0.2, 0) is 11.2 Å². The molecule has 31 heavy (non-hydrogen) atoms. The number of Topliss-reactive ketones (excluding diaryl/α,β-unsaturated/α-hetero) is 1. The molecule has 7 nitrogen and oxygen atoms in total. The highest BCUT2D eigenvalue weighted by molar-refractivity contribution is 5.98. The number of ketones is 1. The van der Waals surface area contributed by atoms with Gasteiger partial charge in [0.25, 0.3) is 5.91 Å². The molecule has 1 amide bonds. The van der Waals surface area contributed by atoms with Crippen molar-refractivity contribution in [2.24, 2.45) is 5.92 Å². The number of methoxy groups -OCH3 is 2. The molecule has 0 aromatic heterocycles. The number of fused-ring (bicyclic) bond motifs is 3. The van der Waals surface area contributed by atoms with E-state index in [1.165, 1.54) is 0 Å². The van der Waals surface area contributed by atoms with E-state index in [0.717, 1.165) is 16.7 Å². The number of carbonyl (C=O) groups is 2. The molecule has 0 N–H and O–H groups in total. The van der Waals surface area contributed by atoms with Gasteiger partial charge in [0.1, 0.15) is 5.78 Å². The normalized spacial score (nSPS) is 23.4. The van der Waals surface area contributed by atoms with Crippen LogP contribution in [0.3, 0.4) is 0 Å². The third kappa shape index (κ3) is 2.79. The number of ether oxygens (including phenoxy) is 4. The lowest BCUT2D eigenvalue weighted by Gasteiger charge is -2.37. The van der Waals surface area contributed by atoms with Crippen LogP contribution in [0.25, 0.3) is 0 Å². The van der Waals surface area contributed by atoms with Gasteiger partial charge in [-0.3, -0.25) is 9.59 Å². The van der Waals surface area contributed by atoms with Crippen molar-refractivity contribution in [2.75, 3.05) is 27.6 Å². The summed E-state index contributed by atoms with van der Waals surface area (Å²) >= 11 is 0. The lowest BCUT2D eigenvalue weighted by molar-refractivity contribution is -0.122. The molecule has 2 aromatic carbocycles. The quantitative estimate of drug-likeness (QED) is 0.750. The Morgan fingerprint density at radius 3 is 2.55 bits per heavy atom. The zero-order valence-electron chi connectivity index (χ0n) is 18.1. The zero-order chi connectivity index (χ0) is 21.9. The van der Waals surface area contributed by atoms with Crippen LogP contribution in [0.2, 0.25) is 0 Å². The number of nitrogens with zero attached hydrogens (tertiary/aromatic N) is 1. The molecule has 3 aliphatic rings. The predicted octanol–water partition coefficient (Wildman–Crippen LogP) is 3.49. The van der Waals surface area contributed by atoms with Crippen LogP contribution in [0, 0.1) is 5.92 Å². The maximum atomic E-state index is 13.7. The molecule has 0 fully saturated rings.